The van der Waals surface area contributed by atoms with E-state index in [-0.39, 0.29) is 36.2 Å². The number of carbonyl (C=O) groups is 3. The molecule has 0 aliphatic rings. The van der Waals surface area contributed by atoms with E-state index in [9.17, 15) is 19.5 Å². The van der Waals surface area contributed by atoms with Gasteiger partial charge in [0.05, 0.1) is 34.4 Å². The number of ether oxygens (including phenoxy) is 3. The fourth-order valence-electron chi connectivity index (χ4n) is 5.76. The number of carboxylic acid groups (broad SMARTS) is 1. The number of esters is 2. The molecule has 2 atom stereocenters. The third-order valence-corrected chi connectivity index (χ3v) is 9.01. The fourth-order valence-corrected chi connectivity index (χ4v) is 5.76. The summed E-state index contributed by atoms with van der Waals surface area (Å²) >= 11 is 0. The van der Waals surface area contributed by atoms with E-state index in [1.807, 2.05) is 21.1 Å². The number of unbranched alkanes of at least 4 members (excludes halogenated alkanes) is 16. The molecule has 0 heterocycles. The number of rotatable bonds is 36. The second kappa shape index (κ2) is 34.6. The predicted octanol–water partition coefficient (Wildman–Crippen LogP) is 10.7. The van der Waals surface area contributed by atoms with E-state index in [0.29, 0.717) is 19.3 Å². The van der Waals surface area contributed by atoms with Gasteiger partial charge in [0, 0.05) is 19.3 Å². The van der Waals surface area contributed by atoms with Crippen molar-refractivity contribution in [1.29, 1.82) is 0 Å². The van der Waals surface area contributed by atoms with Gasteiger partial charge in [-0.15, -0.1) is 0 Å². The quantitative estimate of drug-likeness (QED) is 0.0298. The van der Waals surface area contributed by atoms with Gasteiger partial charge in [0.15, 0.2) is 12.1 Å². The van der Waals surface area contributed by atoms with Crippen LogP contribution in [0.15, 0.2) is 36.5 Å². The Kier molecular flexibility index (Phi) is 33.0. The van der Waals surface area contributed by atoms with Gasteiger partial charge >= 0.3 is 17.9 Å². The maximum absolute atomic E-state index is 12.7. The molecular formula is C43H78NO7+. The average Bonchev–Trinajstić information content (AvgIpc) is 3.08. The van der Waals surface area contributed by atoms with Gasteiger partial charge in [-0.1, -0.05) is 115 Å². The zero-order chi connectivity index (χ0) is 37.8. The molecule has 0 saturated carbocycles. The Morgan fingerprint density at radius 1 is 0.588 bits per heavy atom. The van der Waals surface area contributed by atoms with E-state index in [2.05, 4.69) is 50.3 Å². The van der Waals surface area contributed by atoms with Crippen molar-refractivity contribution in [3.63, 3.8) is 0 Å². The van der Waals surface area contributed by atoms with Crippen molar-refractivity contribution in [3.8, 4) is 0 Å². The van der Waals surface area contributed by atoms with Gasteiger partial charge in [-0.25, -0.2) is 4.79 Å². The fraction of sp³-hybridized carbons (Fsp3) is 0.791. The lowest BCUT2D eigenvalue weighted by molar-refractivity contribution is -0.887. The normalized spacial score (nSPS) is 13.4. The molecule has 0 aromatic carbocycles. The Labute approximate surface area is 313 Å². The second-order valence-corrected chi connectivity index (χ2v) is 14.9. The van der Waals surface area contributed by atoms with Gasteiger partial charge in [-0.05, 0) is 70.6 Å². The maximum atomic E-state index is 12.7. The molecule has 0 aliphatic carbocycles. The van der Waals surface area contributed by atoms with E-state index in [1.165, 1.54) is 57.8 Å². The number of likely N-dealkylation sites (N-methyl/N-ethyl adjacent to an activating group) is 1. The third-order valence-electron chi connectivity index (χ3n) is 9.01. The van der Waals surface area contributed by atoms with E-state index >= 15 is 0 Å². The van der Waals surface area contributed by atoms with Crippen LogP contribution in [0.1, 0.15) is 168 Å². The predicted molar refractivity (Wildman–Crippen MR) is 211 cm³/mol. The smallest absolute Gasteiger partial charge is 0.362 e. The molecule has 0 bridgehead atoms. The van der Waals surface area contributed by atoms with Crippen LogP contribution in [-0.4, -0.2) is 80.6 Å². The molecular weight excluding hydrogens is 642 g/mol. The highest BCUT2D eigenvalue weighted by Crippen LogP contribution is 2.13. The van der Waals surface area contributed by atoms with Crippen LogP contribution in [0.2, 0.25) is 0 Å². The Morgan fingerprint density at radius 2 is 1.04 bits per heavy atom. The van der Waals surface area contributed by atoms with Gasteiger partial charge in [0.1, 0.15) is 6.61 Å². The summed E-state index contributed by atoms with van der Waals surface area (Å²) < 4.78 is 17.2. The molecule has 0 amide bonds. The minimum atomic E-state index is -0.880. The molecule has 0 spiro atoms. The lowest BCUT2D eigenvalue weighted by Crippen LogP contribution is -2.50. The SMILES string of the molecule is CCCCC/C=C\C/C=C\CCCCCCCC(=O)OC(COCCC(C(=O)O)[N+](C)(C)C)COC(=O)CCCCCCC/C=C\CCCCC. The molecule has 8 nitrogen and oxygen atoms in total. The van der Waals surface area contributed by atoms with Crippen molar-refractivity contribution in [1.82, 2.24) is 0 Å². The van der Waals surface area contributed by atoms with Crippen molar-refractivity contribution in [3.05, 3.63) is 36.5 Å². The Balaban J connectivity index is 4.43. The summed E-state index contributed by atoms with van der Waals surface area (Å²) in [5.74, 6) is -1.50. The molecule has 2 unspecified atom stereocenters. The summed E-state index contributed by atoms with van der Waals surface area (Å²) in [6.07, 6.45) is 37.5. The lowest BCUT2D eigenvalue weighted by Gasteiger charge is -2.31. The van der Waals surface area contributed by atoms with E-state index < -0.39 is 18.1 Å². The van der Waals surface area contributed by atoms with Crippen LogP contribution in [0.25, 0.3) is 0 Å². The highest BCUT2D eigenvalue weighted by atomic mass is 16.6. The maximum Gasteiger partial charge on any atom is 0.362 e. The largest absolute Gasteiger partial charge is 0.477 e. The summed E-state index contributed by atoms with van der Waals surface area (Å²) in [6, 6.07) is -0.617. The summed E-state index contributed by atoms with van der Waals surface area (Å²) in [5, 5.41) is 9.59. The van der Waals surface area contributed by atoms with Crippen LogP contribution in [0.5, 0.6) is 0 Å². The van der Waals surface area contributed by atoms with Gasteiger partial charge in [-0.3, -0.25) is 9.59 Å². The van der Waals surface area contributed by atoms with Gasteiger partial charge < -0.3 is 23.8 Å². The molecule has 296 valence electrons. The number of carboxylic acids is 1. The first-order chi connectivity index (χ1) is 24.6. The minimum Gasteiger partial charge on any atom is -0.477 e. The summed E-state index contributed by atoms with van der Waals surface area (Å²) in [5.41, 5.74) is 0. The Bertz CT molecular complexity index is 937. The van der Waals surface area contributed by atoms with E-state index in [0.717, 1.165) is 77.0 Å². The number of hydrogen-bond acceptors (Lipinski definition) is 6. The molecule has 0 aliphatic heterocycles. The molecule has 51 heavy (non-hydrogen) atoms. The number of nitrogens with zero attached hydrogens (tertiary/aromatic N) is 1. The molecule has 0 radical (unpaired) electrons. The summed E-state index contributed by atoms with van der Waals surface area (Å²) in [4.78, 5) is 36.8. The molecule has 0 rings (SSSR count). The second-order valence-electron chi connectivity index (χ2n) is 14.9. The van der Waals surface area contributed by atoms with E-state index in [4.69, 9.17) is 14.2 Å². The first-order valence-corrected chi connectivity index (χ1v) is 20.5. The molecule has 0 saturated heterocycles. The van der Waals surface area contributed by atoms with Crippen LogP contribution in [0.4, 0.5) is 0 Å². The van der Waals surface area contributed by atoms with Crippen LogP contribution >= 0.6 is 0 Å². The summed E-state index contributed by atoms with van der Waals surface area (Å²) in [7, 11) is 5.51. The highest BCUT2D eigenvalue weighted by Gasteiger charge is 2.31. The van der Waals surface area contributed by atoms with E-state index in [1.54, 1.807) is 0 Å². The minimum absolute atomic E-state index is 0.0533. The molecule has 8 heteroatoms. The monoisotopic (exact) mass is 721 g/mol. The topological polar surface area (TPSA) is 99.1 Å². The zero-order valence-electron chi connectivity index (χ0n) is 33.6. The first kappa shape index (κ1) is 48.5. The standard InChI is InChI=1S/C43H77NO7/c1-6-8-10-12-14-16-18-20-21-22-24-26-28-30-32-34-42(46)51-39(37-49-36-35-40(43(47)48)44(3,4)5)38-50-41(45)33-31-29-27-25-23-19-17-15-13-11-9-7-2/h14-17,20-21,39-40H,6-13,18-19,22-38H2,1-5H3/p+1/b16-14-,17-15-,21-20-. The lowest BCUT2D eigenvalue weighted by atomic mass is 10.1. The number of quaternary nitrogens is 1. The number of carbonyl (C=O) groups excluding carboxylic acids is 2. The number of allylic oxidation sites excluding steroid dienone is 6. The molecule has 0 aromatic rings. The summed E-state index contributed by atoms with van der Waals surface area (Å²) in [6.45, 7) is 4.65. The van der Waals surface area contributed by atoms with Crippen molar-refractivity contribution >= 4 is 17.9 Å². The third kappa shape index (κ3) is 33.2. The first-order valence-electron chi connectivity index (χ1n) is 20.5. The zero-order valence-corrected chi connectivity index (χ0v) is 33.6. The van der Waals surface area contributed by atoms with Gasteiger partial charge in [0.2, 0.25) is 0 Å². The Morgan fingerprint density at radius 3 is 1.53 bits per heavy atom. The number of aliphatic carboxylic acids is 1. The van der Waals surface area contributed by atoms with Gasteiger partial charge in [-0.2, -0.15) is 0 Å². The number of hydrogen-bond donors (Lipinski definition) is 1. The highest BCUT2D eigenvalue weighted by molar-refractivity contribution is 5.72. The molecule has 0 aromatic heterocycles. The van der Waals surface area contributed by atoms with Crippen molar-refractivity contribution < 1.29 is 38.2 Å². The van der Waals surface area contributed by atoms with Gasteiger partial charge in [0.25, 0.3) is 0 Å². The van der Waals surface area contributed by atoms with Crippen LogP contribution in [0.3, 0.4) is 0 Å². The van der Waals surface area contributed by atoms with Crippen LogP contribution in [0, 0.1) is 0 Å². The molecule has 0 fully saturated rings. The van der Waals surface area contributed by atoms with Crippen LogP contribution < -0.4 is 0 Å². The Hall–Kier alpha value is -2.45. The average molecular weight is 721 g/mol. The van der Waals surface area contributed by atoms with Crippen LogP contribution in [-0.2, 0) is 28.6 Å². The van der Waals surface area contributed by atoms with Crippen molar-refractivity contribution in [2.75, 3.05) is 41.0 Å². The van der Waals surface area contributed by atoms with Crippen molar-refractivity contribution in [2.45, 2.75) is 180 Å². The van der Waals surface area contributed by atoms with Crippen molar-refractivity contribution in [2.24, 2.45) is 0 Å². The molecule has 1 N–H and O–H groups in total.